The number of fused-ring (bicyclic) bond motifs is 2. The number of carbonyl (C=O) groups is 5. The molecule has 3 aromatic carbocycles. The number of nitrogens with one attached hydrogen (secondary N) is 5. The van der Waals surface area contributed by atoms with Crippen molar-refractivity contribution in [3.8, 4) is 17.2 Å². The Labute approximate surface area is 308 Å². The molecule has 2 bridgehead atoms. The van der Waals surface area contributed by atoms with Crippen LogP contribution in [0.2, 0.25) is 0 Å². The van der Waals surface area contributed by atoms with Gasteiger partial charge in [-0.15, -0.1) is 0 Å². The average Bonchev–Trinajstić information content (AvgIpc) is 3.15. The van der Waals surface area contributed by atoms with Gasteiger partial charge in [0.05, 0.1) is 14.2 Å². The zero-order valence-electron chi connectivity index (χ0n) is 30.5. The fourth-order valence-corrected chi connectivity index (χ4v) is 5.85. The number of halogens is 1. The maximum Gasteiger partial charge on any atom is 0.258 e. The molecule has 1 heterocycles. The van der Waals surface area contributed by atoms with Crippen molar-refractivity contribution in [1.29, 1.82) is 0 Å². The Hall–Kier alpha value is -5.66. The molecule has 3 aromatic rings. The summed E-state index contributed by atoms with van der Waals surface area (Å²) in [6.45, 7) is 3.73. The van der Waals surface area contributed by atoms with Crippen molar-refractivity contribution in [3.05, 3.63) is 89.2 Å². The van der Waals surface area contributed by atoms with Crippen LogP contribution in [0.3, 0.4) is 0 Å². The van der Waals surface area contributed by atoms with Crippen LogP contribution in [0.5, 0.6) is 17.2 Å². The predicted octanol–water partition coefficient (Wildman–Crippen LogP) is 2.85. The molecule has 284 valence electrons. The van der Waals surface area contributed by atoms with E-state index in [0.29, 0.717) is 30.9 Å². The van der Waals surface area contributed by atoms with Gasteiger partial charge >= 0.3 is 0 Å². The fraction of sp³-hybridized carbons (Fsp3) is 0.410. The van der Waals surface area contributed by atoms with Crippen LogP contribution in [0.1, 0.15) is 54.6 Å². The first-order chi connectivity index (χ1) is 25.5. The molecule has 4 rings (SSSR count). The third-order valence-electron chi connectivity index (χ3n) is 8.73. The molecule has 3 atom stereocenters. The van der Waals surface area contributed by atoms with Gasteiger partial charge in [0, 0.05) is 19.5 Å². The van der Waals surface area contributed by atoms with Gasteiger partial charge in [-0.3, -0.25) is 24.0 Å². The summed E-state index contributed by atoms with van der Waals surface area (Å²) in [6.07, 6.45) is 1.46. The smallest absolute Gasteiger partial charge is 0.258 e. The normalized spacial score (nSPS) is 19.5. The van der Waals surface area contributed by atoms with E-state index in [-0.39, 0.29) is 50.0 Å². The third kappa shape index (κ3) is 11.7. The fourth-order valence-electron chi connectivity index (χ4n) is 5.85. The highest BCUT2D eigenvalue weighted by Gasteiger charge is 2.32. The second-order valence-electron chi connectivity index (χ2n) is 13.0. The van der Waals surface area contributed by atoms with Crippen LogP contribution < -0.4 is 40.8 Å². The van der Waals surface area contributed by atoms with Gasteiger partial charge < -0.3 is 40.8 Å². The van der Waals surface area contributed by atoms with Crippen molar-refractivity contribution in [3.63, 3.8) is 0 Å². The lowest BCUT2D eigenvalue weighted by Crippen LogP contribution is -2.58. The zero-order valence-corrected chi connectivity index (χ0v) is 30.5. The molecule has 0 saturated heterocycles. The minimum Gasteiger partial charge on any atom is -0.496 e. The summed E-state index contributed by atoms with van der Waals surface area (Å²) in [4.78, 5) is 67.4. The van der Waals surface area contributed by atoms with Crippen molar-refractivity contribution in [1.82, 2.24) is 26.6 Å². The quantitative estimate of drug-likeness (QED) is 0.247. The summed E-state index contributed by atoms with van der Waals surface area (Å²) < 4.78 is 31.2. The lowest BCUT2D eigenvalue weighted by atomic mass is 10.00. The van der Waals surface area contributed by atoms with Gasteiger partial charge in [0.25, 0.3) is 11.8 Å². The first-order valence-electron chi connectivity index (χ1n) is 17.6. The van der Waals surface area contributed by atoms with Crippen molar-refractivity contribution in [2.45, 2.75) is 64.1 Å². The summed E-state index contributed by atoms with van der Waals surface area (Å²) in [7, 11) is 2.78. The van der Waals surface area contributed by atoms with Gasteiger partial charge in [-0.2, -0.15) is 0 Å². The number of ether oxygens (including phenoxy) is 3. The molecule has 0 saturated carbocycles. The molecular formula is C39H48FN5O8. The topological polar surface area (TPSA) is 173 Å². The highest BCUT2D eigenvalue weighted by Crippen LogP contribution is 2.28. The summed E-state index contributed by atoms with van der Waals surface area (Å²) >= 11 is 0. The molecule has 5 amide bonds. The molecule has 0 fully saturated rings. The lowest BCUT2D eigenvalue weighted by Gasteiger charge is -2.27. The van der Waals surface area contributed by atoms with E-state index in [1.54, 1.807) is 50.2 Å². The number of methoxy groups -OCH3 is 2. The Kier molecular flexibility index (Phi) is 15.0. The maximum atomic E-state index is 14.9. The highest BCUT2D eigenvalue weighted by atomic mass is 19.1. The minimum absolute atomic E-state index is 0.00203. The van der Waals surface area contributed by atoms with E-state index in [0.717, 1.165) is 17.2 Å². The van der Waals surface area contributed by atoms with Crippen LogP contribution in [-0.4, -0.2) is 81.6 Å². The molecule has 14 heteroatoms. The Bertz CT molecular complexity index is 1740. The SMILES string of the molecule is COc1ccc2cc1OCC(=O)NCCC[C@H](NC(=O)c1c(F)cccc1OC)C(=O)N[C@@H](Cc1ccccc1)C(=O)N[C@H](C(C)C)C(=O)NCCC2. The van der Waals surface area contributed by atoms with E-state index in [1.165, 1.54) is 26.4 Å². The molecular weight excluding hydrogens is 685 g/mol. The lowest BCUT2D eigenvalue weighted by molar-refractivity contribution is -0.133. The van der Waals surface area contributed by atoms with Crippen LogP contribution >= 0.6 is 0 Å². The largest absolute Gasteiger partial charge is 0.496 e. The second-order valence-corrected chi connectivity index (χ2v) is 13.0. The molecule has 0 aliphatic carbocycles. The standard InChI is InChI=1S/C39H48FN5O8/c1-24(2)35-39(50)42-20-9-13-26-17-18-30(51-3)32(22-26)53-23-33(46)41-19-10-15-28(43-38(49)34-27(40)14-8-16-31(34)52-4)36(47)44-29(37(48)45-35)21-25-11-6-5-7-12-25/h5-8,11-12,14,16-18,22,24,28-29,35H,9-10,13,15,19-21,23H2,1-4H3,(H,41,46)(H,42,50)(H,43,49)(H,44,47)(H,45,48)/t28-,29-,35+/m0/s1. The van der Waals surface area contributed by atoms with Gasteiger partial charge in [0.1, 0.15) is 35.3 Å². The van der Waals surface area contributed by atoms with E-state index in [2.05, 4.69) is 26.6 Å². The molecule has 13 nitrogen and oxygen atoms in total. The van der Waals surface area contributed by atoms with E-state index in [9.17, 15) is 28.4 Å². The van der Waals surface area contributed by atoms with Gasteiger partial charge in [-0.25, -0.2) is 4.39 Å². The van der Waals surface area contributed by atoms with Crippen molar-refractivity contribution in [2.24, 2.45) is 5.92 Å². The first kappa shape index (κ1) is 40.1. The monoisotopic (exact) mass is 733 g/mol. The number of aryl methyl sites for hydroxylation is 1. The first-order valence-corrected chi connectivity index (χ1v) is 17.6. The Balaban J connectivity index is 1.64. The second kappa shape index (κ2) is 19.8. The zero-order chi connectivity index (χ0) is 38.3. The van der Waals surface area contributed by atoms with Crippen molar-refractivity contribution >= 4 is 29.5 Å². The number of hydrogen-bond donors (Lipinski definition) is 5. The Morgan fingerprint density at radius 3 is 2.32 bits per heavy atom. The molecule has 0 unspecified atom stereocenters. The summed E-state index contributed by atoms with van der Waals surface area (Å²) in [5.41, 5.74) is 1.26. The van der Waals surface area contributed by atoms with Crippen LogP contribution in [-0.2, 0) is 32.0 Å². The molecule has 0 radical (unpaired) electrons. The van der Waals surface area contributed by atoms with Crippen LogP contribution in [0.4, 0.5) is 4.39 Å². The minimum atomic E-state index is -1.26. The van der Waals surface area contributed by atoms with Crippen LogP contribution in [0.25, 0.3) is 0 Å². The van der Waals surface area contributed by atoms with Gasteiger partial charge in [0.2, 0.25) is 17.7 Å². The van der Waals surface area contributed by atoms with Gasteiger partial charge in [0.15, 0.2) is 18.1 Å². The summed E-state index contributed by atoms with van der Waals surface area (Å²) in [6, 6.07) is 15.0. The van der Waals surface area contributed by atoms with Gasteiger partial charge in [-0.1, -0.05) is 56.3 Å². The van der Waals surface area contributed by atoms with E-state index >= 15 is 0 Å². The van der Waals surface area contributed by atoms with E-state index in [4.69, 9.17) is 14.2 Å². The average molecular weight is 734 g/mol. The summed E-state index contributed by atoms with van der Waals surface area (Å²) in [5.74, 6) is -3.39. The number of rotatable bonds is 7. The number of benzene rings is 3. The maximum absolute atomic E-state index is 14.9. The number of carbonyl (C=O) groups excluding carboxylic acids is 5. The molecule has 53 heavy (non-hydrogen) atoms. The number of amides is 5. The Morgan fingerprint density at radius 1 is 0.868 bits per heavy atom. The molecule has 5 N–H and O–H groups in total. The van der Waals surface area contributed by atoms with Crippen molar-refractivity contribution < 1.29 is 42.6 Å². The van der Waals surface area contributed by atoms with Crippen LogP contribution in [0.15, 0.2) is 66.7 Å². The highest BCUT2D eigenvalue weighted by molar-refractivity contribution is 6.00. The Morgan fingerprint density at radius 2 is 1.60 bits per heavy atom. The van der Waals surface area contributed by atoms with E-state index < -0.39 is 53.1 Å². The number of hydrogen-bond acceptors (Lipinski definition) is 8. The van der Waals surface area contributed by atoms with Crippen LogP contribution in [0, 0.1) is 11.7 Å². The predicted molar refractivity (Wildman–Crippen MR) is 195 cm³/mol. The van der Waals surface area contributed by atoms with E-state index in [1.807, 2.05) is 12.1 Å². The third-order valence-corrected chi connectivity index (χ3v) is 8.73. The molecule has 0 aromatic heterocycles. The van der Waals surface area contributed by atoms with Gasteiger partial charge in [-0.05, 0) is 67.0 Å². The molecule has 1 aliphatic heterocycles. The summed E-state index contributed by atoms with van der Waals surface area (Å²) in [5, 5.41) is 13.8. The molecule has 1 aliphatic rings. The molecule has 0 spiro atoms. The van der Waals surface area contributed by atoms with Crippen molar-refractivity contribution in [2.75, 3.05) is 33.9 Å².